The van der Waals surface area contributed by atoms with E-state index in [-0.39, 0.29) is 17.1 Å². The topological polar surface area (TPSA) is 58.6 Å². The van der Waals surface area contributed by atoms with Crippen LogP contribution in [0.5, 0.6) is 5.75 Å². The molecule has 2 amide bonds. The summed E-state index contributed by atoms with van der Waals surface area (Å²) < 4.78 is 19.1. The number of hydrogen-bond donors (Lipinski definition) is 1. The second-order valence-electron chi connectivity index (χ2n) is 7.01. The Kier molecular flexibility index (Phi) is 5.80. The predicted octanol–water partition coefficient (Wildman–Crippen LogP) is 5.01. The van der Waals surface area contributed by atoms with E-state index in [2.05, 4.69) is 5.32 Å². The summed E-state index contributed by atoms with van der Waals surface area (Å²) in [5.41, 5.74) is 1.88. The molecule has 0 saturated carbocycles. The number of imide groups is 1. The van der Waals surface area contributed by atoms with Crippen LogP contribution in [0.3, 0.4) is 0 Å². The SMILES string of the molecule is CCCOc1ccccc1N1C(=O)C(Nc2ccc(F)cc2)=C(c2ccccc2)C1=O. The van der Waals surface area contributed by atoms with E-state index in [1.807, 2.05) is 13.0 Å². The predicted molar refractivity (Wildman–Crippen MR) is 118 cm³/mol. The van der Waals surface area contributed by atoms with Crippen LogP contribution >= 0.6 is 0 Å². The molecule has 0 aliphatic carbocycles. The highest BCUT2D eigenvalue weighted by Gasteiger charge is 2.41. The molecule has 0 unspecified atom stereocenters. The molecule has 0 atom stereocenters. The van der Waals surface area contributed by atoms with Crippen molar-refractivity contribution in [3.05, 3.63) is 95.9 Å². The number of ether oxygens (including phenoxy) is 1. The van der Waals surface area contributed by atoms with E-state index in [0.717, 1.165) is 11.3 Å². The summed E-state index contributed by atoms with van der Waals surface area (Å²) in [5, 5.41) is 3.02. The van der Waals surface area contributed by atoms with Crippen molar-refractivity contribution in [1.29, 1.82) is 0 Å². The van der Waals surface area contributed by atoms with E-state index in [1.54, 1.807) is 48.5 Å². The normalized spacial score (nSPS) is 13.7. The van der Waals surface area contributed by atoms with Crippen LogP contribution in [0, 0.1) is 5.82 Å². The Morgan fingerprint density at radius 2 is 1.55 bits per heavy atom. The van der Waals surface area contributed by atoms with Crippen molar-refractivity contribution in [3.63, 3.8) is 0 Å². The molecule has 3 aromatic carbocycles. The summed E-state index contributed by atoms with van der Waals surface area (Å²) in [6.07, 6.45) is 0.793. The highest BCUT2D eigenvalue weighted by Crippen LogP contribution is 2.37. The van der Waals surface area contributed by atoms with Crippen LogP contribution < -0.4 is 15.0 Å². The molecule has 4 rings (SSSR count). The van der Waals surface area contributed by atoms with Crippen molar-refractivity contribution in [3.8, 4) is 5.75 Å². The lowest BCUT2D eigenvalue weighted by Crippen LogP contribution is -2.32. The first-order valence-corrected chi connectivity index (χ1v) is 10.0. The number of hydrogen-bond acceptors (Lipinski definition) is 4. The van der Waals surface area contributed by atoms with Gasteiger partial charge in [-0.05, 0) is 48.4 Å². The first-order valence-electron chi connectivity index (χ1n) is 10.0. The molecule has 156 valence electrons. The number of rotatable bonds is 7. The van der Waals surface area contributed by atoms with Crippen molar-refractivity contribution in [2.45, 2.75) is 13.3 Å². The minimum atomic E-state index is -0.499. The number of anilines is 2. The van der Waals surface area contributed by atoms with Gasteiger partial charge in [0, 0.05) is 5.69 Å². The Balaban J connectivity index is 1.79. The molecule has 1 heterocycles. The van der Waals surface area contributed by atoms with Crippen molar-refractivity contribution < 1.29 is 18.7 Å². The van der Waals surface area contributed by atoms with Crippen LogP contribution in [-0.2, 0) is 9.59 Å². The molecule has 1 aliphatic heterocycles. The van der Waals surface area contributed by atoms with Gasteiger partial charge in [-0.15, -0.1) is 0 Å². The maximum absolute atomic E-state index is 13.5. The van der Waals surface area contributed by atoms with E-state index in [4.69, 9.17) is 4.74 Å². The number of nitrogens with zero attached hydrogens (tertiary/aromatic N) is 1. The maximum Gasteiger partial charge on any atom is 0.282 e. The van der Waals surface area contributed by atoms with Crippen LogP contribution in [0.4, 0.5) is 15.8 Å². The highest BCUT2D eigenvalue weighted by molar-refractivity contribution is 6.46. The quantitative estimate of drug-likeness (QED) is 0.550. The second kappa shape index (κ2) is 8.83. The Hall–Kier alpha value is -3.93. The van der Waals surface area contributed by atoms with Crippen LogP contribution in [0.15, 0.2) is 84.6 Å². The molecule has 3 aromatic rings. The lowest BCUT2D eigenvalue weighted by Gasteiger charge is -2.19. The number of carbonyl (C=O) groups excluding carboxylic acids is 2. The minimum absolute atomic E-state index is 0.133. The molecular weight excluding hydrogens is 395 g/mol. The molecule has 1 aliphatic rings. The molecule has 0 bridgehead atoms. The monoisotopic (exact) mass is 416 g/mol. The van der Waals surface area contributed by atoms with Gasteiger partial charge >= 0.3 is 0 Å². The summed E-state index contributed by atoms with van der Waals surface area (Å²) in [4.78, 5) is 28.1. The Morgan fingerprint density at radius 1 is 0.871 bits per heavy atom. The summed E-state index contributed by atoms with van der Waals surface area (Å²) in [5.74, 6) is -0.879. The van der Waals surface area contributed by atoms with Gasteiger partial charge in [-0.25, -0.2) is 9.29 Å². The van der Waals surface area contributed by atoms with Crippen molar-refractivity contribution in [2.75, 3.05) is 16.8 Å². The molecule has 0 saturated heterocycles. The number of halogens is 1. The van der Waals surface area contributed by atoms with Crippen LogP contribution in [0.25, 0.3) is 5.57 Å². The molecule has 5 nitrogen and oxygen atoms in total. The third-order valence-corrected chi connectivity index (χ3v) is 4.83. The van der Waals surface area contributed by atoms with E-state index < -0.39 is 11.8 Å². The van der Waals surface area contributed by atoms with Crippen molar-refractivity contribution >= 4 is 28.8 Å². The number of para-hydroxylation sites is 2. The summed E-state index contributed by atoms with van der Waals surface area (Å²) in [6, 6.07) is 21.6. The second-order valence-corrected chi connectivity index (χ2v) is 7.01. The first-order chi connectivity index (χ1) is 15.1. The van der Waals surface area contributed by atoms with Gasteiger partial charge in [0.15, 0.2) is 0 Å². The van der Waals surface area contributed by atoms with E-state index in [0.29, 0.717) is 29.3 Å². The minimum Gasteiger partial charge on any atom is -0.491 e. The van der Waals surface area contributed by atoms with E-state index in [9.17, 15) is 14.0 Å². The fraction of sp³-hybridized carbons (Fsp3) is 0.120. The number of amides is 2. The molecule has 0 radical (unpaired) electrons. The van der Waals surface area contributed by atoms with Crippen molar-refractivity contribution in [1.82, 2.24) is 0 Å². The van der Waals surface area contributed by atoms with Gasteiger partial charge in [-0.1, -0.05) is 49.4 Å². The summed E-state index contributed by atoms with van der Waals surface area (Å²) >= 11 is 0. The van der Waals surface area contributed by atoms with Gasteiger partial charge in [0.05, 0.1) is 17.9 Å². The zero-order valence-electron chi connectivity index (χ0n) is 17.0. The van der Waals surface area contributed by atoms with Crippen LogP contribution in [-0.4, -0.2) is 18.4 Å². The lowest BCUT2D eigenvalue weighted by molar-refractivity contribution is -0.120. The first kappa shape index (κ1) is 20.3. The van der Waals surface area contributed by atoms with Crippen LogP contribution in [0.1, 0.15) is 18.9 Å². The molecule has 31 heavy (non-hydrogen) atoms. The Morgan fingerprint density at radius 3 is 2.26 bits per heavy atom. The molecular formula is C25H21FN2O3. The van der Waals surface area contributed by atoms with Crippen LogP contribution in [0.2, 0.25) is 0 Å². The molecule has 0 spiro atoms. The van der Waals surface area contributed by atoms with Gasteiger partial charge in [0.2, 0.25) is 0 Å². The standard InChI is InChI=1S/C25H21FN2O3/c1-2-16-31-21-11-7-6-10-20(21)28-24(29)22(17-8-4-3-5-9-17)23(25(28)30)27-19-14-12-18(26)13-15-19/h3-15,27H,2,16H2,1H3. The third-order valence-electron chi connectivity index (χ3n) is 4.83. The lowest BCUT2D eigenvalue weighted by atomic mass is 10.0. The van der Waals surface area contributed by atoms with E-state index >= 15 is 0 Å². The smallest absolute Gasteiger partial charge is 0.282 e. The van der Waals surface area contributed by atoms with Gasteiger partial charge in [0.25, 0.3) is 11.8 Å². The fourth-order valence-corrected chi connectivity index (χ4v) is 3.39. The molecule has 0 aromatic heterocycles. The fourth-order valence-electron chi connectivity index (χ4n) is 3.39. The van der Waals surface area contributed by atoms with Crippen molar-refractivity contribution in [2.24, 2.45) is 0 Å². The zero-order valence-corrected chi connectivity index (χ0v) is 17.0. The number of benzene rings is 3. The molecule has 0 fully saturated rings. The average Bonchev–Trinajstić information content (AvgIpc) is 3.04. The average molecular weight is 416 g/mol. The summed E-state index contributed by atoms with van der Waals surface area (Å²) in [6.45, 7) is 2.45. The van der Waals surface area contributed by atoms with Gasteiger partial charge < -0.3 is 10.1 Å². The van der Waals surface area contributed by atoms with Gasteiger partial charge in [-0.2, -0.15) is 0 Å². The van der Waals surface area contributed by atoms with Gasteiger partial charge in [-0.3, -0.25) is 9.59 Å². The number of nitrogens with one attached hydrogen (secondary N) is 1. The van der Waals surface area contributed by atoms with Gasteiger partial charge in [0.1, 0.15) is 17.3 Å². The maximum atomic E-state index is 13.5. The Labute approximate surface area is 179 Å². The largest absolute Gasteiger partial charge is 0.491 e. The molecule has 1 N–H and O–H groups in total. The number of carbonyl (C=O) groups is 2. The highest BCUT2D eigenvalue weighted by atomic mass is 19.1. The third kappa shape index (κ3) is 4.05. The Bertz CT molecular complexity index is 1140. The molecule has 6 heteroatoms. The van der Waals surface area contributed by atoms with E-state index in [1.165, 1.54) is 24.3 Å². The summed E-state index contributed by atoms with van der Waals surface area (Å²) in [7, 11) is 0. The zero-order chi connectivity index (χ0) is 21.8.